The van der Waals surface area contributed by atoms with E-state index in [1.165, 1.54) is 25.9 Å². The Bertz CT molecular complexity index is 111. The van der Waals surface area contributed by atoms with Crippen molar-refractivity contribution < 1.29 is 4.79 Å². The molecule has 1 rings (SSSR count). The first-order valence-corrected chi connectivity index (χ1v) is 4.26. The van der Waals surface area contributed by atoms with Gasteiger partial charge in [-0.2, -0.15) is 0 Å². The summed E-state index contributed by atoms with van der Waals surface area (Å²) >= 11 is 0. The summed E-state index contributed by atoms with van der Waals surface area (Å²) < 4.78 is 0. The average Bonchev–Trinajstić information content (AvgIpc) is 2.50. The molecule has 3 nitrogen and oxygen atoms in total. The van der Waals surface area contributed by atoms with Crippen molar-refractivity contribution in [1.29, 1.82) is 0 Å². The van der Waals surface area contributed by atoms with Crippen molar-refractivity contribution in [1.82, 2.24) is 10.2 Å². The molecule has 0 bridgehead atoms. The number of nitrogens with zero attached hydrogens (tertiary/aromatic N) is 2. The summed E-state index contributed by atoms with van der Waals surface area (Å²) in [5.41, 5.74) is 0. The van der Waals surface area contributed by atoms with Gasteiger partial charge in [0.05, 0.1) is 0 Å². The van der Waals surface area contributed by atoms with Crippen LogP contribution in [-0.4, -0.2) is 37.5 Å². The van der Waals surface area contributed by atoms with Crippen LogP contribution in [-0.2, 0) is 4.79 Å². The molecule has 1 fully saturated rings. The van der Waals surface area contributed by atoms with Crippen LogP contribution in [0, 0.1) is 0 Å². The molecule has 1 amide bonds. The zero-order valence-corrected chi connectivity index (χ0v) is 6.83. The van der Waals surface area contributed by atoms with Crippen LogP contribution in [0.4, 0.5) is 0 Å². The van der Waals surface area contributed by atoms with Crippen LogP contribution >= 0.6 is 0 Å². The van der Waals surface area contributed by atoms with Crippen molar-refractivity contribution in [2.75, 3.05) is 26.2 Å². The lowest BCUT2D eigenvalue weighted by molar-refractivity contribution is -0.109. The van der Waals surface area contributed by atoms with E-state index in [1.54, 1.807) is 0 Å². The van der Waals surface area contributed by atoms with E-state index in [0.29, 0.717) is 13.0 Å². The standard InChI is InChI=1S/C8H15N2O/c11-8-9-4-3-7-10-5-1-2-6-10/h8H,1-7H2. The van der Waals surface area contributed by atoms with Crippen LogP contribution in [0.1, 0.15) is 19.3 Å². The van der Waals surface area contributed by atoms with E-state index >= 15 is 0 Å². The fourth-order valence-electron chi connectivity index (χ4n) is 1.44. The first-order valence-electron chi connectivity index (χ1n) is 4.26. The number of likely N-dealkylation sites (tertiary alicyclic amines) is 1. The predicted molar refractivity (Wildman–Crippen MR) is 43.4 cm³/mol. The molecule has 1 aliphatic rings. The van der Waals surface area contributed by atoms with Crippen LogP contribution in [0.2, 0.25) is 0 Å². The Labute approximate surface area is 67.8 Å². The van der Waals surface area contributed by atoms with E-state index in [0.717, 1.165) is 13.0 Å². The van der Waals surface area contributed by atoms with Crippen LogP contribution < -0.4 is 5.32 Å². The van der Waals surface area contributed by atoms with Gasteiger partial charge in [-0.1, -0.05) is 0 Å². The molecular weight excluding hydrogens is 140 g/mol. The van der Waals surface area contributed by atoms with Gasteiger partial charge in [-0.05, 0) is 38.9 Å². The van der Waals surface area contributed by atoms with Gasteiger partial charge in [0.1, 0.15) is 0 Å². The van der Waals surface area contributed by atoms with Crippen molar-refractivity contribution in [3.8, 4) is 0 Å². The maximum atomic E-state index is 9.82. The van der Waals surface area contributed by atoms with Gasteiger partial charge in [0.2, 0.25) is 6.41 Å². The predicted octanol–water partition coefficient (Wildman–Crippen LogP) is 0.233. The molecule has 0 aliphatic carbocycles. The zero-order chi connectivity index (χ0) is 7.94. The highest BCUT2D eigenvalue weighted by atomic mass is 16.1. The van der Waals surface area contributed by atoms with Gasteiger partial charge in [0.25, 0.3) is 0 Å². The minimum absolute atomic E-state index is 0.643. The van der Waals surface area contributed by atoms with E-state index < -0.39 is 0 Å². The van der Waals surface area contributed by atoms with E-state index in [1.807, 2.05) is 0 Å². The number of carbonyl (C=O) groups is 1. The number of rotatable bonds is 5. The molecule has 11 heavy (non-hydrogen) atoms. The Morgan fingerprint density at radius 1 is 1.36 bits per heavy atom. The molecule has 0 N–H and O–H groups in total. The number of carbonyl (C=O) groups excluding carboxylic acids is 1. The van der Waals surface area contributed by atoms with Gasteiger partial charge in [0.15, 0.2) is 0 Å². The topological polar surface area (TPSA) is 34.4 Å². The van der Waals surface area contributed by atoms with Gasteiger partial charge in [-0.3, -0.25) is 10.1 Å². The third-order valence-electron chi connectivity index (χ3n) is 2.03. The van der Waals surface area contributed by atoms with Crippen LogP contribution in [0.5, 0.6) is 0 Å². The highest BCUT2D eigenvalue weighted by Gasteiger charge is 2.09. The number of hydrogen-bond acceptors (Lipinski definition) is 2. The molecule has 0 aromatic rings. The Balaban J connectivity index is 1.89. The van der Waals surface area contributed by atoms with Crippen molar-refractivity contribution >= 4 is 6.41 Å². The lowest BCUT2D eigenvalue weighted by Crippen LogP contribution is -2.22. The molecule has 1 heterocycles. The van der Waals surface area contributed by atoms with Crippen LogP contribution in [0.3, 0.4) is 0 Å². The quantitative estimate of drug-likeness (QED) is 0.421. The lowest BCUT2D eigenvalue weighted by Gasteiger charge is -2.12. The van der Waals surface area contributed by atoms with E-state index in [2.05, 4.69) is 10.2 Å². The summed E-state index contributed by atoms with van der Waals surface area (Å²) in [6.45, 7) is 4.28. The second-order valence-corrected chi connectivity index (χ2v) is 2.91. The molecule has 0 atom stereocenters. The van der Waals surface area contributed by atoms with E-state index in [9.17, 15) is 4.79 Å². The molecular formula is C8H15N2O. The van der Waals surface area contributed by atoms with Crippen molar-refractivity contribution in [2.45, 2.75) is 19.3 Å². The highest BCUT2D eigenvalue weighted by Crippen LogP contribution is 2.06. The molecule has 3 heteroatoms. The molecule has 0 saturated carbocycles. The maximum absolute atomic E-state index is 9.82. The summed E-state index contributed by atoms with van der Waals surface area (Å²) in [5, 5.41) is 3.63. The number of hydrogen-bond donors (Lipinski definition) is 0. The molecule has 0 unspecified atom stereocenters. The minimum Gasteiger partial charge on any atom is -0.303 e. The first kappa shape index (κ1) is 8.53. The second kappa shape index (κ2) is 5.13. The summed E-state index contributed by atoms with van der Waals surface area (Å²) in [5.74, 6) is 0. The summed E-state index contributed by atoms with van der Waals surface area (Å²) in [6.07, 6.45) is 4.35. The van der Waals surface area contributed by atoms with Gasteiger partial charge in [0, 0.05) is 6.54 Å². The summed E-state index contributed by atoms with van der Waals surface area (Å²) in [6, 6.07) is 0. The largest absolute Gasteiger partial charge is 0.303 e. The fourth-order valence-corrected chi connectivity index (χ4v) is 1.44. The van der Waals surface area contributed by atoms with Gasteiger partial charge in [-0.15, -0.1) is 0 Å². The normalized spacial score (nSPS) is 18.5. The minimum atomic E-state index is 0.643. The van der Waals surface area contributed by atoms with E-state index in [-0.39, 0.29) is 0 Å². The third-order valence-corrected chi connectivity index (χ3v) is 2.03. The molecule has 0 aromatic heterocycles. The highest BCUT2D eigenvalue weighted by molar-refractivity contribution is 5.45. The maximum Gasteiger partial charge on any atom is 0.228 e. The van der Waals surface area contributed by atoms with Gasteiger partial charge < -0.3 is 4.90 Å². The van der Waals surface area contributed by atoms with E-state index in [4.69, 9.17) is 0 Å². The molecule has 0 spiro atoms. The van der Waals surface area contributed by atoms with Gasteiger partial charge in [-0.25, -0.2) is 0 Å². The van der Waals surface area contributed by atoms with Crippen molar-refractivity contribution in [2.24, 2.45) is 0 Å². The zero-order valence-electron chi connectivity index (χ0n) is 6.83. The smallest absolute Gasteiger partial charge is 0.228 e. The Morgan fingerprint density at radius 3 is 2.73 bits per heavy atom. The lowest BCUT2D eigenvalue weighted by atomic mass is 10.4. The van der Waals surface area contributed by atoms with Crippen LogP contribution in [0.15, 0.2) is 0 Å². The first-order chi connectivity index (χ1) is 5.43. The molecule has 1 radical (unpaired) electrons. The average molecular weight is 155 g/mol. The SMILES string of the molecule is O=C[N]CCCN1CCCC1. The summed E-state index contributed by atoms with van der Waals surface area (Å²) in [4.78, 5) is 12.3. The van der Waals surface area contributed by atoms with Gasteiger partial charge >= 0.3 is 0 Å². The third kappa shape index (κ3) is 3.37. The van der Waals surface area contributed by atoms with Crippen molar-refractivity contribution in [3.05, 3.63) is 0 Å². The second-order valence-electron chi connectivity index (χ2n) is 2.91. The number of amides is 1. The monoisotopic (exact) mass is 155 g/mol. The Hall–Kier alpha value is -0.570. The Kier molecular flexibility index (Phi) is 3.98. The summed E-state index contributed by atoms with van der Waals surface area (Å²) in [7, 11) is 0. The molecule has 63 valence electrons. The molecule has 0 aromatic carbocycles. The Morgan fingerprint density at radius 2 is 2.09 bits per heavy atom. The van der Waals surface area contributed by atoms with Crippen LogP contribution in [0.25, 0.3) is 0 Å². The molecule has 1 aliphatic heterocycles. The molecule has 1 saturated heterocycles. The van der Waals surface area contributed by atoms with Crippen molar-refractivity contribution in [3.63, 3.8) is 0 Å². The fraction of sp³-hybridized carbons (Fsp3) is 0.875.